The van der Waals surface area contributed by atoms with Gasteiger partial charge < -0.3 is 14.7 Å². The maximum atomic E-state index is 11.3. The van der Waals surface area contributed by atoms with E-state index in [2.05, 4.69) is 6.08 Å². The number of halogens is 1. The standard InChI is InChI=1S/C14H16ClNO3/c1-19-9-10-4-6-16(7-5-10)13-3-2-11(15)8-12(13)14(17)18/h2-4,8H,5-7,9H2,1H3,(H,17,18). The molecule has 0 radical (unpaired) electrons. The van der Waals surface area contributed by atoms with E-state index < -0.39 is 5.97 Å². The largest absolute Gasteiger partial charge is 0.478 e. The summed E-state index contributed by atoms with van der Waals surface area (Å²) in [6, 6.07) is 4.98. The fourth-order valence-electron chi connectivity index (χ4n) is 2.20. The van der Waals surface area contributed by atoms with Crippen LogP contribution in [-0.2, 0) is 4.74 Å². The van der Waals surface area contributed by atoms with Gasteiger partial charge in [-0.2, -0.15) is 0 Å². The summed E-state index contributed by atoms with van der Waals surface area (Å²) in [5.41, 5.74) is 2.21. The zero-order valence-corrected chi connectivity index (χ0v) is 11.5. The third kappa shape index (κ3) is 3.28. The van der Waals surface area contributed by atoms with E-state index in [1.54, 1.807) is 19.2 Å². The molecular weight excluding hydrogens is 266 g/mol. The van der Waals surface area contributed by atoms with Crippen LogP contribution >= 0.6 is 11.6 Å². The predicted octanol–water partition coefficient (Wildman–Crippen LogP) is 2.82. The molecule has 5 heteroatoms. The Bertz CT molecular complexity index is 513. The summed E-state index contributed by atoms with van der Waals surface area (Å²) in [4.78, 5) is 13.3. The second-order valence-corrected chi connectivity index (χ2v) is 4.89. The van der Waals surface area contributed by atoms with Gasteiger partial charge in [0.2, 0.25) is 0 Å². The summed E-state index contributed by atoms with van der Waals surface area (Å²) in [6.07, 6.45) is 2.97. The Kier molecular flexibility index (Phi) is 4.45. The van der Waals surface area contributed by atoms with Crippen LogP contribution in [0.15, 0.2) is 29.8 Å². The normalized spacial score (nSPS) is 15.3. The Balaban J connectivity index is 2.22. The molecule has 0 spiro atoms. The second-order valence-electron chi connectivity index (χ2n) is 4.46. The Hall–Kier alpha value is -1.52. The summed E-state index contributed by atoms with van der Waals surface area (Å²) in [5.74, 6) is -0.954. The molecule has 0 aliphatic carbocycles. The number of ether oxygens (including phenoxy) is 1. The molecule has 0 amide bonds. The number of anilines is 1. The molecule has 0 unspecified atom stereocenters. The van der Waals surface area contributed by atoms with Gasteiger partial charge in [-0.25, -0.2) is 4.79 Å². The average Bonchev–Trinajstić information content (AvgIpc) is 2.40. The summed E-state index contributed by atoms with van der Waals surface area (Å²) >= 11 is 5.85. The first kappa shape index (κ1) is 13.9. The van der Waals surface area contributed by atoms with Crippen LogP contribution in [0.2, 0.25) is 5.02 Å². The zero-order valence-electron chi connectivity index (χ0n) is 10.7. The van der Waals surface area contributed by atoms with E-state index in [1.807, 2.05) is 4.90 Å². The minimum Gasteiger partial charge on any atom is -0.478 e. The van der Waals surface area contributed by atoms with Crippen LogP contribution in [0.25, 0.3) is 0 Å². The quantitative estimate of drug-likeness (QED) is 0.862. The van der Waals surface area contributed by atoms with E-state index in [0.29, 0.717) is 23.9 Å². The van der Waals surface area contributed by atoms with E-state index in [4.69, 9.17) is 16.3 Å². The fraction of sp³-hybridized carbons (Fsp3) is 0.357. The summed E-state index contributed by atoms with van der Waals surface area (Å²) < 4.78 is 5.10. The van der Waals surface area contributed by atoms with Crippen LogP contribution < -0.4 is 4.90 Å². The average molecular weight is 282 g/mol. The highest BCUT2D eigenvalue weighted by Crippen LogP contribution is 2.27. The van der Waals surface area contributed by atoms with Gasteiger partial charge in [0.1, 0.15) is 0 Å². The fourth-order valence-corrected chi connectivity index (χ4v) is 2.37. The van der Waals surface area contributed by atoms with Crippen molar-refractivity contribution in [3.05, 3.63) is 40.4 Å². The summed E-state index contributed by atoms with van der Waals surface area (Å²) in [5, 5.41) is 9.67. The lowest BCUT2D eigenvalue weighted by Gasteiger charge is -2.29. The number of carboxylic acids is 1. The Morgan fingerprint density at radius 2 is 2.32 bits per heavy atom. The lowest BCUT2D eigenvalue weighted by Crippen LogP contribution is -2.30. The van der Waals surface area contributed by atoms with Crippen molar-refractivity contribution in [2.45, 2.75) is 6.42 Å². The molecule has 1 aliphatic rings. The van der Waals surface area contributed by atoms with Crippen molar-refractivity contribution in [1.82, 2.24) is 0 Å². The number of rotatable bonds is 4. The number of methoxy groups -OCH3 is 1. The smallest absolute Gasteiger partial charge is 0.337 e. The first-order chi connectivity index (χ1) is 9.11. The van der Waals surface area contributed by atoms with Crippen molar-refractivity contribution in [1.29, 1.82) is 0 Å². The predicted molar refractivity (Wildman–Crippen MR) is 75.2 cm³/mol. The van der Waals surface area contributed by atoms with Crippen molar-refractivity contribution < 1.29 is 14.6 Å². The molecule has 0 saturated carbocycles. The maximum absolute atomic E-state index is 11.3. The highest BCUT2D eigenvalue weighted by atomic mass is 35.5. The zero-order chi connectivity index (χ0) is 13.8. The van der Waals surface area contributed by atoms with Gasteiger partial charge in [0, 0.05) is 25.2 Å². The Labute approximate surface area is 117 Å². The summed E-state index contributed by atoms with van der Waals surface area (Å²) in [7, 11) is 1.68. The van der Waals surface area contributed by atoms with Crippen molar-refractivity contribution >= 4 is 23.3 Å². The molecule has 0 saturated heterocycles. The SMILES string of the molecule is COCC1=CCN(c2ccc(Cl)cc2C(=O)O)CC1. The molecular formula is C14H16ClNO3. The van der Waals surface area contributed by atoms with Crippen molar-refractivity contribution in [2.24, 2.45) is 0 Å². The van der Waals surface area contributed by atoms with Crippen LogP contribution in [0.5, 0.6) is 0 Å². The number of hydrogen-bond acceptors (Lipinski definition) is 3. The number of hydrogen-bond donors (Lipinski definition) is 1. The van der Waals surface area contributed by atoms with Crippen molar-refractivity contribution in [3.63, 3.8) is 0 Å². The van der Waals surface area contributed by atoms with Gasteiger partial charge in [0.25, 0.3) is 0 Å². The number of carboxylic acid groups (broad SMARTS) is 1. The van der Waals surface area contributed by atoms with Crippen LogP contribution in [0.1, 0.15) is 16.8 Å². The van der Waals surface area contributed by atoms with Crippen molar-refractivity contribution in [3.8, 4) is 0 Å². The van der Waals surface area contributed by atoms with E-state index in [1.165, 1.54) is 11.6 Å². The Morgan fingerprint density at radius 1 is 1.53 bits per heavy atom. The molecule has 0 aromatic heterocycles. The van der Waals surface area contributed by atoms with E-state index in [9.17, 15) is 9.90 Å². The molecule has 4 nitrogen and oxygen atoms in total. The molecule has 1 aliphatic heterocycles. The third-order valence-corrected chi connectivity index (χ3v) is 3.40. The van der Waals surface area contributed by atoms with Crippen LogP contribution in [0.3, 0.4) is 0 Å². The van der Waals surface area contributed by atoms with E-state index >= 15 is 0 Å². The molecule has 102 valence electrons. The van der Waals surface area contributed by atoms with Crippen LogP contribution in [0.4, 0.5) is 5.69 Å². The highest BCUT2D eigenvalue weighted by molar-refractivity contribution is 6.31. The first-order valence-corrected chi connectivity index (χ1v) is 6.44. The molecule has 19 heavy (non-hydrogen) atoms. The van der Waals surface area contributed by atoms with Gasteiger partial charge in [-0.3, -0.25) is 0 Å². The Morgan fingerprint density at radius 3 is 2.89 bits per heavy atom. The maximum Gasteiger partial charge on any atom is 0.337 e. The number of carbonyl (C=O) groups is 1. The number of aromatic carboxylic acids is 1. The molecule has 0 bridgehead atoms. The molecule has 1 aromatic carbocycles. The topological polar surface area (TPSA) is 49.8 Å². The number of nitrogens with zero attached hydrogens (tertiary/aromatic N) is 1. The molecule has 0 atom stereocenters. The van der Waals surface area contributed by atoms with Crippen LogP contribution in [-0.4, -0.2) is 37.9 Å². The van der Waals surface area contributed by atoms with Gasteiger partial charge in [0.15, 0.2) is 0 Å². The molecule has 1 aromatic rings. The first-order valence-electron chi connectivity index (χ1n) is 6.06. The molecule has 1 heterocycles. The molecule has 0 fully saturated rings. The minimum absolute atomic E-state index is 0.246. The molecule has 2 rings (SSSR count). The summed E-state index contributed by atoms with van der Waals surface area (Å²) in [6.45, 7) is 2.12. The third-order valence-electron chi connectivity index (χ3n) is 3.16. The van der Waals surface area contributed by atoms with Crippen LogP contribution in [0, 0.1) is 0 Å². The van der Waals surface area contributed by atoms with Gasteiger partial charge in [-0.05, 0) is 30.2 Å². The molecule has 1 N–H and O–H groups in total. The lowest BCUT2D eigenvalue weighted by molar-refractivity contribution is 0.0697. The van der Waals surface area contributed by atoms with E-state index in [0.717, 1.165) is 13.0 Å². The number of benzene rings is 1. The minimum atomic E-state index is -0.954. The van der Waals surface area contributed by atoms with Gasteiger partial charge in [-0.1, -0.05) is 17.7 Å². The van der Waals surface area contributed by atoms with Gasteiger partial charge in [0.05, 0.1) is 17.9 Å². The lowest BCUT2D eigenvalue weighted by atomic mass is 10.1. The van der Waals surface area contributed by atoms with Gasteiger partial charge in [-0.15, -0.1) is 0 Å². The van der Waals surface area contributed by atoms with E-state index in [-0.39, 0.29) is 5.56 Å². The highest BCUT2D eigenvalue weighted by Gasteiger charge is 2.18. The van der Waals surface area contributed by atoms with Gasteiger partial charge >= 0.3 is 5.97 Å². The van der Waals surface area contributed by atoms with Crippen molar-refractivity contribution in [2.75, 3.05) is 31.7 Å². The monoisotopic (exact) mass is 281 g/mol. The second kappa shape index (κ2) is 6.08.